The van der Waals surface area contributed by atoms with Gasteiger partial charge in [-0.15, -0.1) is 0 Å². The van der Waals surface area contributed by atoms with Gasteiger partial charge in [-0.3, -0.25) is 9.59 Å². The fraction of sp³-hybridized carbons (Fsp3) is 0.905. The van der Waals surface area contributed by atoms with Gasteiger partial charge >= 0.3 is 5.97 Å². The molecule has 0 aromatic rings. The zero-order valence-electron chi connectivity index (χ0n) is 18.2. The highest BCUT2D eigenvalue weighted by atomic mass is 16.5. The first kappa shape index (κ1) is 25.0. The lowest BCUT2D eigenvalue weighted by Gasteiger charge is -2.36. The Morgan fingerprint density at radius 2 is 1.46 bits per heavy atom. The maximum Gasteiger partial charge on any atom is 0.311 e. The molecule has 10 unspecified atom stereocenters. The molecule has 1 rings (SSSR count). The minimum absolute atomic E-state index is 0.131. The highest BCUT2D eigenvalue weighted by Crippen LogP contribution is 2.29. The number of aliphatic hydroxyl groups is 3. The van der Waals surface area contributed by atoms with Crippen molar-refractivity contribution in [1.82, 2.24) is 0 Å². The molecule has 1 saturated heterocycles. The van der Waals surface area contributed by atoms with Gasteiger partial charge in [-0.05, 0) is 19.8 Å². The van der Waals surface area contributed by atoms with Crippen molar-refractivity contribution in [2.24, 2.45) is 29.6 Å². The highest BCUT2D eigenvalue weighted by molar-refractivity contribution is 5.83. The van der Waals surface area contributed by atoms with E-state index in [0.717, 1.165) is 0 Å². The van der Waals surface area contributed by atoms with Crippen LogP contribution in [-0.2, 0) is 19.1 Å². The van der Waals surface area contributed by atoms with Crippen molar-refractivity contribution in [3.8, 4) is 0 Å². The van der Waals surface area contributed by atoms with E-state index in [-0.39, 0.29) is 12.2 Å². The number of cyclic esters (lactones) is 1. The van der Waals surface area contributed by atoms with Crippen LogP contribution in [0.2, 0.25) is 0 Å². The average Bonchev–Trinajstić information content (AvgIpc) is 2.70. The highest BCUT2D eigenvalue weighted by Gasteiger charge is 2.40. The van der Waals surface area contributed by atoms with Crippen molar-refractivity contribution in [3.05, 3.63) is 0 Å². The number of esters is 1. The molecule has 1 fully saturated rings. The Bertz CT molecular complexity index is 523. The van der Waals surface area contributed by atoms with Gasteiger partial charge in [0.15, 0.2) is 0 Å². The molecule has 3 N–H and O–H groups in total. The molecule has 10 atom stereocenters. The molecule has 7 heteroatoms. The van der Waals surface area contributed by atoms with E-state index in [4.69, 9.17) is 9.47 Å². The zero-order valence-corrected chi connectivity index (χ0v) is 18.2. The first-order valence-electron chi connectivity index (χ1n) is 10.3. The summed E-state index contributed by atoms with van der Waals surface area (Å²) in [5.74, 6) is -3.74. The van der Waals surface area contributed by atoms with Gasteiger partial charge in [0, 0.05) is 30.8 Å². The summed E-state index contributed by atoms with van der Waals surface area (Å²) >= 11 is 0. The van der Waals surface area contributed by atoms with Crippen LogP contribution < -0.4 is 0 Å². The molecule has 7 nitrogen and oxygen atoms in total. The van der Waals surface area contributed by atoms with Gasteiger partial charge in [0.05, 0.1) is 30.3 Å². The van der Waals surface area contributed by atoms with Crippen molar-refractivity contribution >= 4 is 11.8 Å². The van der Waals surface area contributed by atoms with Gasteiger partial charge in [0.2, 0.25) is 0 Å². The molecule has 1 heterocycles. The second-order valence-corrected chi connectivity index (χ2v) is 8.46. The number of ether oxygens (including phenoxy) is 2. The summed E-state index contributed by atoms with van der Waals surface area (Å²) in [6.07, 6.45) is -3.68. The number of Topliss-reactive ketones (excluding diaryl/α,β-unsaturated/α-hetero) is 1. The molecule has 1 aliphatic heterocycles. The predicted octanol–water partition coefficient (Wildman–Crippen LogP) is 1.56. The fourth-order valence-corrected chi connectivity index (χ4v) is 4.09. The van der Waals surface area contributed by atoms with Crippen LogP contribution in [0.25, 0.3) is 0 Å². The Labute approximate surface area is 168 Å². The van der Waals surface area contributed by atoms with E-state index >= 15 is 0 Å². The number of ketones is 1. The smallest absolute Gasteiger partial charge is 0.311 e. The van der Waals surface area contributed by atoms with Gasteiger partial charge in [-0.2, -0.15) is 0 Å². The summed E-state index contributed by atoms with van der Waals surface area (Å²) < 4.78 is 11.0. The van der Waals surface area contributed by atoms with E-state index in [1.165, 1.54) is 7.11 Å². The van der Waals surface area contributed by atoms with Crippen LogP contribution in [0.5, 0.6) is 0 Å². The molecule has 164 valence electrons. The van der Waals surface area contributed by atoms with E-state index in [1.54, 1.807) is 34.6 Å². The lowest BCUT2D eigenvalue weighted by molar-refractivity contribution is -0.167. The third-order valence-corrected chi connectivity index (χ3v) is 6.47. The lowest BCUT2D eigenvalue weighted by atomic mass is 9.79. The van der Waals surface area contributed by atoms with E-state index in [2.05, 4.69) is 0 Å². The largest absolute Gasteiger partial charge is 0.462 e. The molecule has 0 saturated carbocycles. The number of rotatable bonds is 2. The number of methoxy groups -OCH3 is 1. The first-order chi connectivity index (χ1) is 13.0. The van der Waals surface area contributed by atoms with E-state index in [9.17, 15) is 24.9 Å². The predicted molar refractivity (Wildman–Crippen MR) is 104 cm³/mol. The Kier molecular flexibility index (Phi) is 9.53. The van der Waals surface area contributed by atoms with Gasteiger partial charge in [0.25, 0.3) is 0 Å². The molecule has 0 radical (unpaired) electrons. The normalized spacial score (nSPS) is 44.6. The van der Waals surface area contributed by atoms with E-state index < -0.39 is 66.1 Å². The van der Waals surface area contributed by atoms with Gasteiger partial charge in [-0.1, -0.05) is 34.6 Å². The van der Waals surface area contributed by atoms with Crippen molar-refractivity contribution in [2.45, 2.75) is 84.9 Å². The maximum atomic E-state index is 12.8. The molecule has 0 aliphatic carbocycles. The quantitative estimate of drug-likeness (QED) is 0.601. The standard InChI is InChI=1S/C21H38O7/c1-8-15-11(3)18(23)12(4)17(22)10(2)9-16(27-7)20(25)13(5)19(24)14(6)21(26)28-15/h10-16,18-20,23-25H,8-9H2,1-7H3. The second-order valence-electron chi connectivity index (χ2n) is 8.46. The third kappa shape index (κ3) is 5.53. The van der Waals surface area contributed by atoms with Crippen molar-refractivity contribution in [2.75, 3.05) is 7.11 Å². The number of carbonyl (C=O) groups excluding carboxylic acids is 2. The monoisotopic (exact) mass is 402 g/mol. The van der Waals surface area contributed by atoms with Crippen molar-refractivity contribution in [1.29, 1.82) is 0 Å². The molecule has 1 aliphatic rings. The molecular weight excluding hydrogens is 364 g/mol. The van der Waals surface area contributed by atoms with Crippen LogP contribution in [0.1, 0.15) is 54.4 Å². The van der Waals surface area contributed by atoms with Gasteiger partial charge < -0.3 is 24.8 Å². The summed E-state index contributed by atoms with van der Waals surface area (Å²) in [7, 11) is 1.44. The van der Waals surface area contributed by atoms with Crippen molar-refractivity contribution in [3.63, 3.8) is 0 Å². The maximum absolute atomic E-state index is 12.8. The number of aliphatic hydroxyl groups excluding tert-OH is 3. The van der Waals surface area contributed by atoms with E-state index in [1.807, 2.05) is 6.92 Å². The Morgan fingerprint density at radius 1 is 0.929 bits per heavy atom. The molecule has 28 heavy (non-hydrogen) atoms. The Balaban J connectivity index is 3.28. The number of carbonyl (C=O) groups is 2. The van der Waals surface area contributed by atoms with Crippen LogP contribution in [0.4, 0.5) is 0 Å². The summed E-state index contributed by atoms with van der Waals surface area (Å²) in [4.78, 5) is 25.4. The summed E-state index contributed by atoms with van der Waals surface area (Å²) in [6, 6.07) is 0. The number of hydrogen-bond donors (Lipinski definition) is 3. The third-order valence-electron chi connectivity index (χ3n) is 6.47. The van der Waals surface area contributed by atoms with Crippen LogP contribution >= 0.6 is 0 Å². The Morgan fingerprint density at radius 3 is 1.96 bits per heavy atom. The van der Waals surface area contributed by atoms with Crippen molar-refractivity contribution < 1.29 is 34.4 Å². The first-order valence-corrected chi connectivity index (χ1v) is 10.3. The number of hydrogen-bond acceptors (Lipinski definition) is 7. The second kappa shape index (κ2) is 10.7. The zero-order chi connectivity index (χ0) is 21.8. The SMILES string of the molecule is CCC1OC(=O)C(C)C(O)C(C)C(O)C(OC)CC(C)C(=O)C(C)C(O)C1C. The Hall–Kier alpha value is -1.02. The van der Waals surface area contributed by atoms with Crippen LogP contribution in [0.15, 0.2) is 0 Å². The molecule has 0 amide bonds. The minimum atomic E-state index is -1.13. The van der Waals surface area contributed by atoms with Crippen LogP contribution in [0, 0.1) is 29.6 Å². The topological polar surface area (TPSA) is 113 Å². The average molecular weight is 403 g/mol. The van der Waals surface area contributed by atoms with Crippen LogP contribution in [0.3, 0.4) is 0 Å². The van der Waals surface area contributed by atoms with E-state index in [0.29, 0.717) is 6.42 Å². The fourth-order valence-electron chi connectivity index (χ4n) is 4.09. The molecule has 0 aromatic carbocycles. The van der Waals surface area contributed by atoms with Crippen LogP contribution in [-0.4, -0.2) is 64.7 Å². The molecule has 0 spiro atoms. The molecular formula is C21H38O7. The summed E-state index contributed by atoms with van der Waals surface area (Å²) in [5, 5.41) is 32.0. The molecule has 0 aromatic heterocycles. The summed E-state index contributed by atoms with van der Waals surface area (Å²) in [5.41, 5.74) is 0. The van der Waals surface area contributed by atoms with Gasteiger partial charge in [-0.25, -0.2) is 0 Å². The summed E-state index contributed by atoms with van der Waals surface area (Å²) in [6.45, 7) is 10.2. The minimum Gasteiger partial charge on any atom is -0.462 e. The van der Waals surface area contributed by atoms with Gasteiger partial charge in [0.1, 0.15) is 11.9 Å². The lowest BCUT2D eigenvalue weighted by Crippen LogP contribution is -2.47. The molecule has 0 bridgehead atoms.